The highest BCUT2D eigenvalue weighted by Crippen LogP contribution is 2.33. The Morgan fingerprint density at radius 3 is 1.38 bits per heavy atom. The maximum atomic E-state index is 13.3. The second kappa shape index (κ2) is 43.8. The number of rotatable bonds is 40. The van der Waals surface area contributed by atoms with Gasteiger partial charge in [-0.2, -0.15) is 0 Å². The number of aliphatic hydroxyl groups is 11. The first-order valence-corrected chi connectivity index (χ1v) is 29.3. The second-order valence-electron chi connectivity index (χ2n) is 20.4. The number of carbonyl (C=O) groups excluding carboxylic acids is 1. The fraction of sp³-hybridized carbons (Fsp3) is 0.661. The minimum atomic E-state index is -1.99. The van der Waals surface area contributed by atoms with Crippen LogP contribution in [0, 0.1) is 0 Å². The maximum absolute atomic E-state index is 13.3. The Kier molecular flexibility index (Phi) is 38.6. The molecule has 0 radical (unpaired) electrons. The third-order valence-electron chi connectivity index (χ3n) is 13.8. The van der Waals surface area contributed by atoms with Crippen LogP contribution in [-0.2, 0) is 33.2 Å². The lowest BCUT2D eigenvalue weighted by molar-refractivity contribution is -0.379. The first kappa shape index (κ1) is 71.5. The quantitative estimate of drug-likeness (QED) is 0.0286. The minimum absolute atomic E-state index is 0.200. The molecule has 0 aromatic carbocycles. The van der Waals surface area contributed by atoms with Crippen molar-refractivity contribution in [2.24, 2.45) is 0 Å². The zero-order chi connectivity index (χ0) is 59.0. The number of carbonyl (C=O) groups is 1. The van der Waals surface area contributed by atoms with Gasteiger partial charge in [0.15, 0.2) is 18.9 Å². The zero-order valence-electron chi connectivity index (χ0n) is 47.7. The number of amides is 1. The Labute approximate surface area is 480 Å². The van der Waals surface area contributed by atoms with E-state index in [1.807, 2.05) is 13.0 Å². The van der Waals surface area contributed by atoms with E-state index in [4.69, 9.17) is 28.4 Å². The summed E-state index contributed by atoms with van der Waals surface area (Å²) in [6.45, 7) is 1.27. The van der Waals surface area contributed by atoms with Gasteiger partial charge in [0, 0.05) is 6.42 Å². The van der Waals surface area contributed by atoms with Crippen LogP contribution in [0.3, 0.4) is 0 Å². The summed E-state index contributed by atoms with van der Waals surface area (Å²) in [6, 6.07) is -1.01. The van der Waals surface area contributed by atoms with E-state index in [-0.39, 0.29) is 12.3 Å². The van der Waals surface area contributed by atoms with Crippen molar-refractivity contribution in [1.82, 2.24) is 5.32 Å². The molecule has 0 aromatic heterocycles. The normalized spacial score (nSPS) is 30.7. The molecule has 3 aliphatic heterocycles. The molecule has 17 atom stereocenters. The number of hydrogen-bond acceptors (Lipinski definition) is 18. The Hall–Kier alpha value is -3.81. The molecule has 0 aromatic rings. The zero-order valence-corrected chi connectivity index (χ0v) is 47.7. The van der Waals surface area contributed by atoms with Crippen molar-refractivity contribution in [3.63, 3.8) is 0 Å². The summed E-state index contributed by atoms with van der Waals surface area (Å²) in [5.41, 5.74) is 0. The van der Waals surface area contributed by atoms with Crippen molar-refractivity contribution in [2.45, 2.75) is 234 Å². The van der Waals surface area contributed by atoms with E-state index >= 15 is 0 Å². The predicted molar refractivity (Wildman–Crippen MR) is 309 cm³/mol. The van der Waals surface area contributed by atoms with Crippen LogP contribution in [0.5, 0.6) is 0 Å². The van der Waals surface area contributed by atoms with Gasteiger partial charge in [-0.1, -0.05) is 148 Å². The molecule has 0 spiro atoms. The van der Waals surface area contributed by atoms with E-state index < -0.39 is 131 Å². The van der Waals surface area contributed by atoms with Gasteiger partial charge >= 0.3 is 0 Å². The monoisotopic (exact) mass is 1150 g/mol. The van der Waals surface area contributed by atoms with Crippen LogP contribution in [-0.4, -0.2) is 193 Å². The summed E-state index contributed by atoms with van der Waals surface area (Å²) in [4.78, 5) is 13.3. The summed E-state index contributed by atoms with van der Waals surface area (Å²) < 4.78 is 34.1. The van der Waals surface area contributed by atoms with Crippen LogP contribution < -0.4 is 5.32 Å². The van der Waals surface area contributed by atoms with Crippen LogP contribution in [0.25, 0.3) is 0 Å². The van der Waals surface area contributed by atoms with Crippen LogP contribution >= 0.6 is 0 Å². The van der Waals surface area contributed by atoms with Gasteiger partial charge in [0.1, 0.15) is 73.2 Å². The average molecular weight is 1150 g/mol. The number of hydrogen-bond donors (Lipinski definition) is 12. The van der Waals surface area contributed by atoms with E-state index in [9.17, 15) is 61.0 Å². The largest absolute Gasteiger partial charge is 0.394 e. The standard InChI is InChI=1S/C62H99NO18/c1-3-5-7-9-11-13-14-15-16-17-18-19-20-21-22-23-24-25-26-27-28-29-30-32-34-36-38-40-50(68)63-45(46(67)39-37-35-33-31-12-10-8-6-4-2)44-76-60-56(74)53(71)58(48(42-65)78-60)81-62-57(75)54(72)59(49(43-66)79-62)80-61-55(73)52(70)51(69)47(41-64)77-61/h4-7,11-13,15-16,18-19,21-22,24-25,27-28,31,37,39,45-49,51-62,64-67,69-75H,3,8-10,14,17,20,23,26,29-30,32-36,38,40-44H2,1-2H3,(H,63,68)/b6-4+,7-5-,13-11-,16-15-,19-18-,22-21-,25-24-,28-27-,31-12+,39-37+. The maximum Gasteiger partial charge on any atom is 0.220 e. The first-order valence-electron chi connectivity index (χ1n) is 29.3. The summed E-state index contributed by atoms with van der Waals surface area (Å²) in [7, 11) is 0. The topological polar surface area (TPSA) is 307 Å². The van der Waals surface area contributed by atoms with E-state index in [1.54, 1.807) is 12.2 Å². The molecule has 12 N–H and O–H groups in total. The molecular formula is C62H99NO18. The summed E-state index contributed by atoms with van der Waals surface area (Å²) in [6.07, 6.45) is 30.8. The van der Waals surface area contributed by atoms with Gasteiger partial charge in [0.05, 0.1) is 38.6 Å². The van der Waals surface area contributed by atoms with Crippen LogP contribution in [0.2, 0.25) is 0 Å². The lowest BCUT2D eigenvalue weighted by Crippen LogP contribution is -2.66. The summed E-state index contributed by atoms with van der Waals surface area (Å²) in [5.74, 6) is -0.320. The molecule has 81 heavy (non-hydrogen) atoms. The minimum Gasteiger partial charge on any atom is -0.394 e. The van der Waals surface area contributed by atoms with Gasteiger partial charge in [0.2, 0.25) is 5.91 Å². The van der Waals surface area contributed by atoms with Crippen molar-refractivity contribution in [3.8, 4) is 0 Å². The van der Waals surface area contributed by atoms with Gasteiger partial charge in [0.25, 0.3) is 0 Å². The Bertz CT molecular complexity index is 1950. The van der Waals surface area contributed by atoms with Gasteiger partial charge < -0.3 is 89.9 Å². The van der Waals surface area contributed by atoms with Crippen LogP contribution in [0.4, 0.5) is 0 Å². The molecule has 19 nitrogen and oxygen atoms in total. The highest BCUT2D eigenvalue weighted by molar-refractivity contribution is 5.76. The molecule has 1 amide bonds. The molecule has 0 aliphatic carbocycles. The van der Waals surface area contributed by atoms with Gasteiger partial charge in [-0.15, -0.1) is 0 Å². The molecular weight excluding hydrogens is 1050 g/mol. The number of aliphatic hydroxyl groups excluding tert-OH is 11. The number of unbranched alkanes of at least 4 members (excludes halogenated alkanes) is 7. The molecule has 19 heteroatoms. The van der Waals surface area contributed by atoms with E-state index in [0.717, 1.165) is 96.3 Å². The smallest absolute Gasteiger partial charge is 0.220 e. The SMILES string of the molecule is C/C=C/CC/C=C/CC/C=C/C(O)C(COC1OC(CO)C(OC2OC(CO)C(OC3OC(CO)C(O)C(O)C3O)C(O)C2O)C(O)C1O)NC(=O)CCCCCCC/C=C\C/C=C\C/C=C\C/C=C\C/C=C\C/C=C\C/C=C\CC. The van der Waals surface area contributed by atoms with Gasteiger partial charge in [-0.3, -0.25) is 4.79 Å². The summed E-state index contributed by atoms with van der Waals surface area (Å²) in [5, 5.41) is 120. The van der Waals surface area contributed by atoms with Gasteiger partial charge in [-0.05, 0) is 96.8 Å². The third-order valence-corrected chi connectivity index (χ3v) is 13.8. The highest BCUT2D eigenvalue weighted by atomic mass is 16.8. The Morgan fingerprint density at radius 1 is 0.469 bits per heavy atom. The van der Waals surface area contributed by atoms with E-state index in [0.29, 0.717) is 12.8 Å². The predicted octanol–water partition coefficient (Wildman–Crippen LogP) is 4.92. The van der Waals surface area contributed by atoms with Crippen molar-refractivity contribution in [1.29, 1.82) is 0 Å². The molecule has 0 saturated carbocycles. The first-order chi connectivity index (χ1) is 39.3. The second-order valence-corrected chi connectivity index (χ2v) is 20.4. The Morgan fingerprint density at radius 2 is 0.877 bits per heavy atom. The van der Waals surface area contributed by atoms with Crippen molar-refractivity contribution in [3.05, 3.63) is 122 Å². The highest BCUT2D eigenvalue weighted by Gasteiger charge is 2.53. The Balaban J connectivity index is 1.45. The number of nitrogens with one attached hydrogen (secondary N) is 1. The van der Waals surface area contributed by atoms with Crippen molar-refractivity contribution >= 4 is 5.91 Å². The molecule has 460 valence electrons. The van der Waals surface area contributed by atoms with Crippen LogP contribution in [0.1, 0.15) is 129 Å². The van der Waals surface area contributed by atoms with E-state index in [1.165, 1.54) is 0 Å². The molecule has 3 heterocycles. The third kappa shape index (κ3) is 27.6. The average Bonchev–Trinajstić information content (AvgIpc) is 3.55. The summed E-state index contributed by atoms with van der Waals surface area (Å²) >= 11 is 0. The van der Waals surface area contributed by atoms with E-state index in [2.05, 4.69) is 116 Å². The molecule has 3 saturated heterocycles. The lowest BCUT2D eigenvalue weighted by atomic mass is 9.96. The molecule has 0 bridgehead atoms. The fourth-order valence-corrected chi connectivity index (χ4v) is 9.03. The van der Waals surface area contributed by atoms with Crippen LogP contribution in [0.15, 0.2) is 122 Å². The number of ether oxygens (including phenoxy) is 6. The number of allylic oxidation sites excluding steroid dienone is 19. The lowest BCUT2D eigenvalue weighted by Gasteiger charge is -2.48. The fourth-order valence-electron chi connectivity index (χ4n) is 9.03. The molecule has 17 unspecified atom stereocenters. The molecule has 3 rings (SSSR count). The van der Waals surface area contributed by atoms with Crippen molar-refractivity contribution < 1.29 is 89.4 Å². The molecule has 3 fully saturated rings. The molecule has 3 aliphatic rings. The van der Waals surface area contributed by atoms with Gasteiger partial charge in [-0.25, -0.2) is 0 Å². The van der Waals surface area contributed by atoms with Crippen molar-refractivity contribution in [2.75, 3.05) is 26.4 Å².